The van der Waals surface area contributed by atoms with E-state index in [1.807, 2.05) is 44.2 Å². The SMILES string of the molecule is CCOc1ccc(/C=C(\C#N)C(=O)Oc2ccc(C(=O)Nc3ccc(C)cc3)cc2)cc1. The second-order valence-corrected chi connectivity index (χ2v) is 6.91. The molecule has 0 fully saturated rings. The van der Waals surface area contributed by atoms with Crippen molar-refractivity contribution in [3.05, 3.63) is 95.1 Å². The lowest BCUT2D eigenvalue weighted by atomic mass is 10.1. The highest BCUT2D eigenvalue weighted by Gasteiger charge is 2.13. The van der Waals surface area contributed by atoms with Crippen LogP contribution in [0, 0.1) is 18.3 Å². The Morgan fingerprint density at radius 3 is 2.16 bits per heavy atom. The Kier molecular flexibility index (Phi) is 7.39. The third-order valence-electron chi connectivity index (χ3n) is 4.48. The van der Waals surface area contributed by atoms with Gasteiger partial charge in [-0.05, 0) is 74.0 Å². The number of carbonyl (C=O) groups excluding carboxylic acids is 2. The Morgan fingerprint density at radius 1 is 0.938 bits per heavy atom. The minimum Gasteiger partial charge on any atom is -0.494 e. The quantitative estimate of drug-likeness (QED) is 0.244. The summed E-state index contributed by atoms with van der Waals surface area (Å²) in [7, 11) is 0. The fraction of sp³-hybridized carbons (Fsp3) is 0.115. The van der Waals surface area contributed by atoms with Crippen molar-refractivity contribution >= 4 is 23.6 Å². The molecule has 3 rings (SSSR count). The summed E-state index contributed by atoms with van der Waals surface area (Å²) in [6.07, 6.45) is 1.45. The van der Waals surface area contributed by atoms with Crippen LogP contribution in [0.1, 0.15) is 28.4 Å². The van der Waals surface area contributed by atoms with E-state index in [1.54, 1.807) is 36.4 Å². The topological polar surface area (TPSA) is 88.4 Å². The second kappa shape index (κ2) is 10.6. The van der Waals surface area contributed by atoms with Crippen LogP contribution in [0.15, 0.2) is 78.4 Å². The number of nitrogens with one attached hydrogen (secondary N) is 1. The summed E-state index contributed by atoms with van der Waals surface area (Å²) in [5.41, 5.74) is 2.73. The smallest absolute Gasteiger partial charge is 0.354 e. The van der Waals surface area contributed by atoms with Crippen molar-refractivity contribution < 1.29 is 19.1 Å². The van der Waals surface area contributed by atoms with Gasteiger partial charge in [-0.2, -0.15) is 5.26 Å². The Morgan fingerprint density at radius 2 is 1.56 bits per heavy atom. The van der Waals surface area contributed by atoms with Crippen LogP contribution in [-0.4, -0.2) is 18.5 Å². The van der Waals surface area contributed by atoms with E-state index in [2.05, 4.69) is 5.32 Å². The maximum absolute atomic E-state index is 12.4. The van der Waals surface area contributed by atoms with E-state index in [4.69, 9.17) is 9.47 Å². The first kappa shape index (κ1) is 22.3. The highest BCUT2D eigenvalue weighted by atomic mass is 16.5. The summed E-state index contributed by atoms with van der Waals surface area (Å²) in [5, 5.41) is 12.2. The molecule has 0 aliphatic rings. The molecule has 0 unspecified atom stereocenters. The number of hydrogen-bond acceptors (Lipinski definition) is 5. The van der Waals surface area contributed by atoms with Gasteiger partial charge >= 0.3 is 5.97 Å². The van der Waals surface area contributed by atoms with E-state index < -0.39 is 5.97 Å². The number of benzene rings is 3. The lowest BCUT2D eigenvalue weighted by Gasteiger charge is -2.07. The minimum absolute atomic E-state index is 0.143. The maximum atomic E-state index is 12.4. The van der Waals surface area contributed by atoms with E-state index in [0.717, 1.165) is 5.56 Å². The molecule has 3 aromatic carbocycles. The van der Waals surface area contributed by atoms with Crippen LogP contribution in [0.3, 0.4) is 0 Å². The molecule has 0 saturated carbocycles. The molecule has 0 atom stereocenters. The summed E-state index contributed by atoms with van der Waals surface area (Å²) in [4.78, 5) is 24.8. The lowest BCUT2D eigenvalue weighted by Crippen LogP contribution is -2.12. The van der Waals surface area contributed by atoms with Gasteiger partial charge in [0, 0.05) is 11.3 Å². The third-order valence-corrected chi connectivity index (χ3v) is 4.48. The summed E-state index contributed by atoms with van der Waals surface area (Å²) in [6, 6.07) is 22.5. The number of amides is 1. The molecule has 0 aromatic heterocycles. The number of rotatable bonds is 7. The number of carbonyl (C=O) groups is 2. The van der Waals surface area contributed by atoms with Gasteiger partial charge in [-0.25, -0.2) is 4.79 Å². The van der Waals surface area contributed by atoms with Crippen molar-refractivity contribution in [1.29, 1.82) is 5.26 Å². The molecule has 3 aromatic rings. The van der Waals surface area contributed by atoms with E-state index >= 15 is 0 Å². The number of esters is 1. The van der Waals surface area contributed by atoms with Crippen LogP contribution in [0.5, 0.6) is 11.5 Å². The van der Waals surface area contributed by atoms with Crippen molar-refractivity contribution in [3.8, 4) is 17.6 Å². The van der Waals surface area contributed by atoms with Gasteiger partial charge in [0.1, 0.15) is 23.1 Å². The normalized spacial score (nSPS) is 10.7. The van der Waals surface area contributed by atoms with Gasteiger partial charge in [-0.15, -0.1) is 0 Å². The van der Waals surface area contributed by atoms with Gasteiger partial charge in [-0.1, -0.05) is 29.8 Å². The molecular weight excluding hydrogens is 404 g/mol. The molecule has 1 amide bonds. The van der Waals surface area contributed by atoms with Crippen LogP contribution in [0.25, 0.3) is 6.08 Å². The molecule has 0 aliphatic heterocycles. The zero-order valence-corrected chi connectivity index (χ0v) is 17.8. The van der Waals surface area contributed by atoms with Crippen LogP contribution in [0.2, 0.25) is 0 Å². The largest absolute Gasteiger partial charge is 0.494 e. The molecule has 6 nitrogen and oxygen atoms in total. The minimum atomic E-state index is -0.779. The highest BCUT2D eigenvalue weighted by Crippen LogP contribution is 2.18. The number of ether oxygens (including phenoxy) is 2. The van der Waals surface area contributed by atoms with Gasteiger partial charge in [0.2, 0.25) is 0 Å². The van der Waals surface area contributed by atoms with Crippen LogP contribution >= 0.6 is 0 Å². The van der Waals surface area contributed by atoms with Crippen molar-refractivity contribution in [2.75, 3.05) is 11.9 Å². The van der Waals surface area contributed by atoms with E-state index in [9.17, 15) is 14.9 Å². The predicted molar refractivity (Wildman–Crippen MR) is 122 cm³/mol. The molecule has 0 bridgehead atoms. The molecule has 0 spiro atoms. The predicted octanol–water partition coefficient (Wildman–Crippen LogP) is 5.16. The molecule has 1 N–H and O–H groups in total. The first-order valence-electron chi connectivity index (χ1n) is 10.0. The maximum Gasteiger partial charge on any atom is 0.354 e. The molecule has 0 heterocycles. The van der Waals surface area contributed by atoms with Gasteiger partial charge in [0.25, 0.3) is 5.91 Å². The van der Waals surface area contributed by atoms with Gasteiger partial charge in [-0.3, -0.25) is 4.79 Å². The number of nitrogens with zero attached hydrogens (tertiary/aromatic N) is 1. The lowest BCUT2D eigenvalue weighted by molar-refractivity contribution is -0.129. The summed E-state index contributed by atoms with van der Waals surface area (Å²) >= 11 is 0. The van der Waals surface area contributed by atoms with Crippen molar-refractivity contribution in [2.24, 2.45) is 0 Å². The molecule has 6 heteroatoms. The van der Waals surface area contributed by atoms with Crippen molar-refractivity contribution in [3.63, 3.8) is 0 Å². The van der Waals surface area contributed by atoms with E-state index in [1.165, 1.54) is 18.2 Å². The Hall–Kier alpha value is -4.37. The monoisotopic (exact) mass is 426 g/mol. The fourth-order valence-electron chi connectivity index (χ4n) is 2.81. The molecule has 32 heavy (non-hydrogen) atoms. The van der Waals surface area contributed by atoms with Gasteiger partial charge in [0.15, 0.2) is 0 Å². The van der Waals surface area contributed by atoms with Crippen LogP contribution in [0.4, 0.5) is 5.69 Å². The summed E-state index contributed by atoms with van der Waals surface area (Å²) in [6.45, 7) is 4.41. The number of hydrogen-bond donors (Lipinski definition) is 1. The van der Waals surface area contributed by atoms with E-state index in [-0.39, 0.29) is 17.2 Å². The zero-order chi connectivity index (χ0) is 22.9. The van der Waals surface area contributed by atoms with Crippen molar-refractivity contribution in [2.45, 2.75) is 13.8 Å². The molecule has 160 valence electrons. The summed E-state index contributed by atoms with van der Waals surface area (Å²) < 4.78 is 10.7. The fourth-order valence-corrected chi connectivity index (χ4v) is 2.81. The Labute approximate surface area is 186 Å². The first-order valence-corrected chi connectivity index (χ1v) is 10.0. The zero-order valence-electron chi connectivity index (χ0n) is 17.8. The Bertz CT molecular complexity index is 1160. The average Bonchev–Trinajstić information content (AvgIpc) is 2.80. The molecule has 0 saturated heterocycles. The van der Waals surface area contributed by atoms with Crippen LogP contribution in [-0.2, 0) is 4.79 Å². The number of aryl methyl sites for hydroxylation is 1. The first-order chi connectivity index (χ1) is 15.5. The number of anilines is 1. The van der Waals surface area contributed by atoms with Crippen LogP contribution < -0.4 is 14.8 Å². The molecule has 0 aliphatic carbocycles. The number of nitriles is 1. The van der Waals surface area contributed by atoms with Crippen molar-refractivity contribution in [1.82, 2.24) is 0 Å². The standard InChI is InChI=1S/C26H22N2O4/c1-3-31-23-12-6-19(7-13-23)16-21(17-27)26(30)32-24-14-8-20(9-15-24)25(29)28-22-10-4-18(2)5-11-22/h4-16H,3H2,1-2H3,(H,28,29)/b21-16+. The third kappa shape index (κ3) is 6.07. The second-order valence-electron chi connectivity index (χ2n) is 6.91. The highest BCUT2D eigenvalue weighted by molar-refractivity contribution is 6.04. The average molecular weight is 426 g/mol. The molecule has 0 radical (unpaired) electrons. The van der Waals surface area contributed by atoms with E-state index in [0.29, 0.717) is 29.2 Å². The van der Waals surface area contributed by atoms with Gasteiger partial charge in [0.05, 0.1) is 6.61 Å². The molecular formula is C26H22N2O4. The summed E-state index contributed by atoms with van der Waals surface area (Å²) in [5.74, 6) is -0.120. The Balaban J connectivity index is 1.64. The van der Waals surface area contributed by atoms with Gasteiger partial charge < -0.3 is 14.8 Å².